The van der Waals surface area contributed by atoms with Gasteiger partial charge in [0.05, 0.1) is 19.7 Å². The average Bonchev–Trinajstić information content (AvgIpc) is 2.54. The number of methoxy groups -OCH3 is 1. The van der Waals surface area contributed by atoms with Crippen LogP contribution in [0.25, 0.3) is 0 Å². The van der Waals surface area contributed by atoms with Crippen molar-refractivity contribution >= 4 is 11.9 Å². The Morgan fingerprint density at radius 1 is 1.60 bits per heavy atom. The second-order valence-electron chi connectivity index (χ2n) is 3.29. The van der Waals surface area contributed by atoms with Crippen molar-refractivity contribution in [3.63, 3.8) is 0 Å². The Kier molecular flexibility index (Phi) is 3.57. The Hall–Kier alpha value is -1.24. The number of hydrogen-bond donors (Lipinski definition) is 2. The Bertz CT molecular complexity index is 271. The molecular weight excluding hydrogens is 210 g/mol. The molecule has 1 fully saturated rings. The summed E-state index contributed by atoms with van der Waals surface area (Å²) in [5, 5.41) is 4.58. The summed E-state index contributed by atoms with van der Waals surface area (Å²) in [6.45, 7) is -0.817. The predicted molar refractivity (Wildman–Crippen MR) is 46.4 cm³/mol. The largest absolute Gasteiger partial charge is 0.468 e. The average molecular weight is 222 g/mol. The van der Waals surface area contributed by atoms with Crippen LogP contribution in [0.4, 0.5) is 8.78 Å². The number of ether oxygens (including phenoxy) is 1. The van der Waals surface area contributed by atoms with Crippen molar-refractivity contribution in [1.82, 2.24) is 10.6 Å². The highest BCUT2D eigenvalue weighted by molar-refractivity contribution is 5.85. The van der Waals surface area contributed by atoms with Crippen LogP contribution in [0.1, 0.15) is 6.42 Å². The molecule has 0 aromatic carbocycles. The number of hydrogen-bond acceptors (Lipinski definition) is 4. The zero-order valence-corrected chi connectivity index (χ0v) is 8.18. The third kappa shape index (κ3) is 3.43. The van der Waals surface area contributed by atoms with Gasteiger partial charge >= 0.3 is 5.97 Å². The number of halogens is 2. The van der Waals surface area contributed by atoms with Gasteiger partial charge in [-0.2, -0.15) is 0 Å². The molecule has 1 heterocycles. The summed E-state index contributed by atoms with van der Waals surface area (Å²) in [6.07, 6.45) is -0.542. The fraction of sp³-hybridized carbons (Fsp3) is 0.750. The van der Waals surface area contributed by atoms with E-state index in [1.807, 2.05) is 0 Å². The molecule has 1 saturated heterocycles. The molecule has 15 heavy (non-hydrogen) atoms. The standard InChI is InChI=1S/C8H12F2N2O3/c1-15-6(13)3-11-7(14)5-2-8(9,10)4-12-5/h5,12H,2-4H2,1H3,(H,11,14). The first-order valence-electron chi connectivity index (χ1n) is 4.40. The van der Waals surface area contributed by atoms with Gasteiger partial charge in [-0.3, -0.25) is 14.9 Å². The minimum Gasteiger partial charge on any atom is -0.468 e. The van der Waals surface area contributed by atoms with E-state index in [0.717, 1.165) is 0 Å². The van der Waals surface area contributed by atoms with E-state index in [1.165, 1.54) is 7.11 Å². The fourth-order valence-corrected chi connectivity index (χ4v) is 1.26. The maximum absolute atomic E-state index is 12.7. The SMILES string of the molecule is COC(=O)CNC(=O)C1CC(F)(F)CN1. The summed E-state index contributed by atoms with van der Waals surface area (Å²) >= 11 is 0. The topological polar surface area (TPSA) is 67.4 Å². The van der Waals surface area contributed by atoms with Gasteiger partial charge in [-0.1, -0.05) is 0 Å². The van der Waals surface area contributed by atoms with E-state index in [1.54, 1.807) is 0 Å². The number of nitrogens with one attached hydrogen (secondary N) is 2. The first-order valence-corrected chi connectivity index (χ1v) is 4.40. The summed E-state index contributed by atoms with van der Waals surface area (Å²) in [5.41, 5.74) is 0. The van der Waals surface area contributed by atoms with E-state index in [0.29, 0.717) is 0 Å². The molecule has 0 aliphatic carbocycles. The lowest BCUT2D eigenvalue weighted by Gasteiger charge is -2.09. The highest BCUT2D eigenvalue weighted by Crippen LogP contribution is 2.24. The number of rotatable bonds is 3. The lowest BCUT2D eigenvalue weighted by molar-refractivity contribution is -0.141. The molecule has 0 radical (unpaired) electrons. The van der Waals surface area contributed by atoms with Gasteiger partial charge in [0.1, 0.15) is 6.54 Å². The number of carbonyl (C=O) groups excluding carboxylic acids is 2. The highest BCUT2D eigenvalue weighted by atomic mass is 19.3. The molecule has 0 aromatic heterocycles. The van der Waals surface area contributed by atoms with E-state index in [-0.39, 0.29) is 6.54 Å². The van der Waals surface area contributed by atoms with E-state index < -0.39 is 36.8 Å². The summed E-state index contributed by atoms with van der Waals surface area (Å²) < 4.78 is 29.7. The van der Waals surface area contributed by atoms with Crippen molar-refractivity contribution in [2.75, 3.05) is 20.2 Å². The summed E-state index contributed by atoms with van der Waals surface area (Å²) in [5.74, 6) is -4.08. The van der Waals surface area contributed by atoms with Crippen LogP contribution in [-0.2, 0) is 14.3 Å². The van der Waals surface area contributed by atoms with Gasteiger partial charge in [0, 0.05) is 6.42 Å². The van der Waals surface area contributed by atoms with Crippen molar-refractivity contribution in [2.24, 2.45) is 0 Å². The number of alkyl halides is 2. The molecule has 0 bridgehead atoms. The Balaban J connectivity index is 2.33. The molecule has 0 spiro atoms. The van der Waals surface area contributed by atoms with Gasteiger partial charge in [0.25, 0.3) is 5.92 Å². The molecule has 1 amide bonds. The highest BCUT2D eigenvalue weighted by Gasteiger charge is 2.42. The van der Waals surface area contributed by atoms with Crippen LogP contribution in [0.15, 0.2) is 0 Å². The fourth-order valence-electron chi connectivity index (χ4n) is 1.26. The van der Waals surface area contributed by atoms with Gasteiger partial charge in [-0.15, -0.1) is 0 Å². The Morgan fingerprint density at radius 2 is 2.27 bits per heavy atom. The minimum absolute atomic E-state index is 0.306. The van der Waals surface area contributed by atoms with Crippen molar-refractivity contribution in [2.45, 2.75) is 18.4 Å². The molecule has 0 saturated carbocycles. The Labute approximate surface area is 85.2 Å². The number of esters is 1. The zero-order valence-electron chi connectivity index (χ0n) is 8.18. The van der Waals surface area contributed by atoms with Gasteiger partial charge in [0.2, 0.25) is 5.91 Å². The molecule has 86 valence electrons. The van der Waals surface area contributed by atoms with E-state index in [2.05, 4.69) is 15.4 Å². The quantitative estimate of drug-likeness (QED) is 0.618. The van der Waals surface area contributed by atoms with Gasteiger partial charge < -0.3 is 10.1 Å². The molecule has 7 heteroatoms. The van der Waals surface area contributed by atoms with Crippen LogP contribution < -0.4 is 10.6 Å². The van der Waals surface area contributed by atoms with Crippen molar-refractivity contribution in [3.8, 4) is 0 Å². The first-order chi connectivity index (χ1) is 6.94. The molecule has 1 aliphatic heterocycles. The lowest BCUT2D eigenvalue weighted by Crippen LogP contribution is -2.42. The minimum atomic E-state index is -2.85. The van der Waals surface area contributed by atoms with Crippen LogP contribution in [0.3, 0.4) is 0 Å². The summed E-state index contributed by atoms with van der Waals surface area (Å²) in [6, 6.07) is -0.940. The molecule has 1 aliphatic rings. The third-order valence-corrected chi connectivity index (χ3v) is 2.06. The summed E-state index contributed by atoms with van der Waals surface area (Å²) in [4.78, 5) is 21.9. The predicted octanol–water partition coefficient (Wildman–Crippen LogP) is -0.727. The monoisotopic (exact) mass is 222 g/mol. The second kappa shape index (κ2) is 4.52. The molecule has 1 atom stereocenters. The third-order valence-electron chi connectivity index (χ3n) is 2.06. The number of amides is 1. The lowest BCUT2D eigenvalue weighted by atomic mass is 10.2. The van der Waals surface area contributed by atoms with Crippen LogP contribution in [0.2, 0.25) is 0 Å². The van der Waals surface area contributed by atoms with Gasteiger partial charge in [-0.25, -0.2) is 8.78 Å². The molecule has 2 N–H and O–H groups in total. The molecule has 1 unspecified atom stereocenters. The molecule has 0 aromatic rings. The molecule has 1 rings (SSSR count). The maximum atomic E-state index is 12.7. The van der Waals surface area contributed by atoms with Crippen molar-refractivity contribution < 1.29 is 23.1 Å². The maximum Gasteiger partial charge on any atom is 0.325 e. The zero-order chi connectivity index (χ0) is 11.5. The normalized spacial score (nSPS) is 23.5. The summed E-state index contributed by atoms with van der Waals surface area (Å²) in [7, 11) is 1.18. The second-order valence-corrected chi connectivity index (χ2v) is 3.29. The van der Waals surface area contributed by atoms with E-state index in [4.69, 9.17) is 0 Å². The molecular formula is C8H12F2N2O3. The smallest absolute Gasteiger partial charge is 0.325 e. The molecule has 5 nitrogen and oxygen atoms in total. The van der Waals surface area contributed by atoms with E-state index >= 15 is 0 Å². The van der Waals surface area contributed by atoms with Gasteiger partial charge in [-0.05, 0) is 0 Å². The Morgan fingerprint density at radius 3 is 2.73 bits per heavy atom. The van der Waals surface area contributed by atoms with Crippen LogP contribution in [0.5, 0.6) is 0 Å². The van der Waals surface area contributed by atoms with E-state index in [9.17, 15) is 18.4 Å². The first kappa shape index (κ1) is 11.8. The van der Waals surface area contributed by atoms with Crippen LogP contribution in [-0.4, -0.2) is 44.0 Å². The van der Waals surface area contributed by atoms with Gasteiger partial charge in [0.15, 0.2) is 0 Å². The van der Waals surface area contributed by atoms with Crippen molar-refractivity contribution in [3.05, 3.63) is 0 Å². The number of carbonyl (C=O) groups is 2. The van der Waals surface area contributed by atoms with Crippen LogP contribution in [0, 0.1) is 0 Å². The van der Waals surface area contributed by atoms with Crippen LogP contribution >= 0.6 is 0 Å². The van der Waals surface area contributed by atoms with Crippen molar-refractivity contribution in [1.29, 1.82) is 0 Å².